The second kappa shape index (κ2) is 13.3. The van der Waals surface area contributed by atoms with E-state index in [-0.39, 0.29) is 57.2 Å². The fourth-order valence-electron chi connectivity index (χ4n) is 3.93. The maximum absolute atomic E-state index is 13.5. The van der Waals surface area contributed by atoms with Crippen LogP contribution in [0.5, 0.6) is 11.5 Å². The second-order valence-corrected chi connectivity index (χ2v) is 10.5. The van der Waals surface area contributed by atoms with Crippen molar-refractivity contribution >= 4 is 67.1 Å². The molecule has 0 aliphatic carbocycles. The van der Waals surface area contributed by atoms with E-state index in [9.17, 15) is 22.9 Å². The smallest absolute Gasteiger partial charge is 0.870 e. The number of halogens is 2. The first-order valence-corrected chi connectivity index (χ1v) is 13.9. The molecule has 0 spiro atoms. The fraction of sp³-hybridized carbons (Fsp3) is 0.148. The Morgan fingerprint density at radius 3 is 2.40 bits per heavy atom. The molecule has 4 rings (SSSR count). The molecule has 9 nitrogen and oxygen atoms in total. The summed E-state index contributed by atoms with van der Waals surface area (Å²) in [5, 5.41) is 25.4. The predicted molar refractivity (Wildman–Crippen MR) is 149 cm³/mol. The Morgan fingerprint density at radius 1 is 1.02 bits per heavy atom. The first-order valence-electron chi connectivity index (χ1n) is 11.7. The fourth-order valence-corrected chi connectivity index (χ4v) is 5.18. The van der Waals surface area contributed by atoms with Gasteiger partial charge in [-0.3, -0.25) is 9.35 Å². The van der Waals surface area contributed by atoms with E-state index >= 15 is 0 Å². The number of amides is 1. The molecule has 0 saturated carbocycles. The van der Waals surface area contributed by atoms with Gasteiger partial charge in [-0.25, -0.2) is 0 Å². The van der Waals surface area contributed by atoms with Crippen LogP contribution in [0.15, 0.2) is 75.8 Å². The van der Waals surface area contributed by atoms with Gasteiger partial charge < -0.3 is 15.2 Å². The van der Waals surface area contributed by atoms with E-state index in [0.717, 1.165) is 0 Å². The average molecular weight is 610 g/mol. The number of aryl methyl sites for hydroxylation is 1. The minimum atomic E-state index is -4.63. The molecule has 0 heterocycles. The van der Waals surface area contributed by atoms with Gasteiger partial charge in [-0.1, -0.05) is 66.2 Å². The van der Waals surface area contributed by atoms with Crippen LogP contribution in [0.4, 0.5) is 17.1 Å². The molecular formula is C27H22Cl2N3NaO6S. The Kier molecular flexibility index (Phi) is 10.6. The Balaban J connectivity index is 0.00000441. The normalized spacial score (nSPS) is 11.4. The van der Waals surface area contributed by atoms with Gasteiger partial charge in [-0.05, 0) is 54.6 Å². The van der Waals surface area contributed by atoms with Gasteiger partial charge >= 0.3 is 29.6 Å². The van der Waals surface area contributed by atoms with Crippen molar-refractivity contribution in [1.82, 2.24) is 0 Å². The van der Waals surface area contributed by atoms with Crippen LogP contribution < -0.4 is 44.7 Å². The first kappa shape index (κ1) is 31.8. The quantitative estimate of drug-likeness (QED) is 0.175. The van der Waals surface area contributed by atoms with Crippen molar-refractivity contribution in [2.45, 2.75) is 25.2 Å². The van der Waals surface area contributed by atoms with Crippen molar-refractivity contribution in [1.29, 1.82) is 0 Å². The van der Waals surface area contributed by atoms with Gasteiger partial charge in [0.1, 0.15) is 16.3 Å². The number of carbonyl (C=O) groups excluding carboxylic acids is 1. The standard InChI is InChI=1S/C27H23Cl2N3O6S.Na/c1-3-15-9-12-22(39(35,36)37)23(29)24(15)31-32-25-18-8-6-5-7-16(18)13-19(26(25)33)27(34)30-20-14-17(28)10-11-21(20)38-4-2;/h5-14,33H,3-4H2,1-2H3,(H,30,34)(H,35,36,37);/q;+1/p-1. The number of hydrogen-bond acceptors (Lipinski definition) is 7. The van der Waals surface area contributed by atoms with Crippen molar-refractivity contribution in [3.63, 3.8) is 0 Å². The van der Waals surface area contributed by atoms with E-state index < -0.39 is 26.7 Å². The minimum absolute atomic E-state index is 0. The van der Waals surface area contributed by atoms with E-state index in [1.165, 1.54) is 24.3 Å². The zero-order valence-electron chi connectivity index (χ0n) is 21.7. The second-order valence-electron chi connectivity index (χ2n) is 8.26. The molecule has 4 aromatic carbocycles. The van der Waals surface area contributed by atoms with Gasteiger partial charge in [0.25, 0.3) is 16.0 Å². The number of nitrogens with one attached hydrogen (secondary N) is 1. The molecular weight excluding hydrogens is 588 g/mol. The summed E-state index contributed by atoms with van der Waals surface area (Å²) < 4.78 is 38.6. The van der Waals surface area contributed by atoms with Crippen molar-refractivity contribution in [2.75, 3.05) is 11.9 Å². The van der Waals surface area contributed by atoms with Gasteiger partial charge in [-0.2, -0.15) is 13.5 Å². The van der Waals surface area contributed by atoms with Crippen molar-refractivity contribution in [3.05, 3.63) is 81.8 Å². The minimum Gasteiger partial charge on any atom is -0.870 e. The third-order valence-electron chi connectivity index (χ3n) is 5.78. The Hall–Kier alpha value is -2.70. The van der Waals surface area contributed by atoms with E-state index in [1.54, 1.807) is 50.2 Å². The summed E-state index contributed by atoms with van der Waals surface area (Å²) in [4.78, 5) is 12.7. The molecule has 0 aliphatic rings. The summed E-state index contributed by atoms with van der Waals surface area (Å²) in [6.07, 6.45) is 0.412. The number of nitrogens with zero attached hydrogens (tertiary/aromatic N) is 2. The average Bonchev–Trinajstić information content (AvgIpc) is 2.89. The molecule has 0 aromatic heterocycles. The van der Waals surface area contributed by atoms with Crippen LogP contribution in [0.2, 0.25) is 10.0 Å². The molecule has 0 aliphatic heterocycles. The van der Waals surface area contributed by atoms with Crippen LogP contribution in [0.3, 0.4) is 0 Å². The summed E-state index contributed by atoms with van der Waals surface area (Å²) in [6.45, 7) is 3.93. The summed E-state index contributed by atoms with van der Waals surface area (Å²) >= 11 is 12.4. The Labute approximate surface area is 263 Å². The van der Waals surface area contributed by atoms with Crippen molar-refractivity contribution < 1.29 is 57.2 Å². The van der Waals surface area contributed by atoms with Crippen LogP contribution in [-0.4, -0.2) is 25.5 Å². The topological polar surface area (TPSA) is 140 Å². The maximum Gasteiger partial charge on any atom is 1.00 e. The number of carbonyl (C=O) groups is 1. The van der Waals surface area contributed by atoms with Gasteiger partial charge in [0.05, 0.1) is 23.0 Å². The largest absolute Gasteiger partial charge is 1.00 e. The number of anilines is 1. The molecule has 0 unspecified atom stereocenters. The molecule has 2 N–H and O–H groups in total. The summed E-state index contributed by atoms with van der Waals surface area (Å²) in [7, 11) is -4.63. The van der Waals surface area contributed by atoms with Gasteiger partial charge in [0.2, 0.25) is 0 Å². The molecule has 1 amide bonds. The maximum atomic E-state index is 13.5. The Morgan fingerprint density at radius 2 is 1.73 bits per heavy atom. The molecule has 0 atom stereocenters. The van der Waals surface area contributed by atoms with E-state index in [2.05, 4.69) is 15.5 Å². The molecule has 40 heavy (non-hydrogen) atoms. The van der Waals surface area contributed by atoms with E-state index in [4.69, 9.17) is 27.9 Å². The molecule has 0 radical (unpaired) electrons. The summed E-state index contributed by atoms with van der Waals surface area (Å²) in [5.74, 6) is -1.05. The zero-order valence-corrected chi connectivity index (χ0v) is 26.1. The van der Waals surface area contributed by atoms with Gasteiger partial charge in [0.15, 0.2) is 0 Å². The third kappa shape index (κ3) is 6.77. The predicted octanol–water partition coefficient (Wildman–Crippen LogP) is 4.10. The summed E-state index contributed by atoms with van der Waals surface area (Å²) in [6, 6.07) is 15.6. The molecule has 0 fully saturated rings. The summed E-state index contributed by atoms with van der Waals surface area (Å²) in [5.41, 5.74) is 0.439. The number of fused-ring (bicyclic) bond motifs is 1. The number of ether oxygens (including phenoxy) is 1. The number of rotatable bonds is 8. The van der Waals surface area contributed by atoms with E-state index in [0.29, 0.717) is 40.1 Å². The van der Waals surface area contributed by atoms with Gasteiger partial charge in [0, 0.05) is 16.0 Å². The van der Waals surface area contributed by atoms with Crippen LogP contribution in [0.25, 0.3) is 10.8 Å². The first-order chi connectivity index (χ1) is 18.5. The number of benzene rings is 4. The van der Waals surface area contributed by atoms with Crippen LogP contribution in [0.1, 0.15) is 29.8 Å². The molecule has 4 aromatic rings. The SMILES string of the molecule is CCOc1ccc(Cl)cc1NC(=O)c1cc2ccccc2c(N=Nc2c(CC)ccc(S(=O)(=O)O)c2Cl)c1[O-].[Na+]. The molecule has 13 heteroatoms. The van der Waals surface area contributed by atoms with Crippen LogP contribution >= 0.6 is 23.2 Å². The van der Waals surface area contributed by atoms with Crippen LogP contribution in [0, 0.1) is 0 Å². The molecule has 0 bridgehead atoms. The monoisotopic (exact) mass is 609 g/mol. The van der Waals surface area contributed by atoms with E-state index in [1.807, 2.05) is 0 Å². The van der Waals surface area contributed by atoms with Crippen molar-refractivity contribution in [2.24, 2.45) is 10.2 Å². The van der Waals surface area contributed by atoms with Crippen molar-refractivity contribution in [3.8, 4) is 11.5 Å². The zero-order chi connectivity index (χ0) is 28.3. The van der Waals surface area contributed by atoms with Gasteiger partial charge in [-0.15, -0.1) is 5.11 Å². The number of hydrogen-bond donors (Lipinski definition) is 2. The number of azo groups is 1. The Bertz CT molecular complexity index is 1730. The molecule has 0 saturated heterocycles. The molecule has 202 valence electrons. The van der Waals surface area contributed by atoms with Crippen LogP contribution in [-0.2, 0) is 16.5 Å². The third-order valence-corrected chi connectivity index (χ3v) is 7.41.